The van der Waals surface area contributed by atoms with Crippen LogP contribution >= 0.6 is 23.1 Å². The minimum Gasteiger partial charge on any atom is -0.496 e. The third kappa shape index (κ3) is 5.39. The number of amides is 2. The Labute approximate surface area is 204 Å². The average Bonchev–Trinajstić information content (AvgIpc) is 3.31. The van der Waals surface area contributed by atoms with Crippen LogP contribution in [0.3, 0.4) is 0 Å². The third-order valence-corrected chi connectivity index (χ3v) is 6.93. The molecule has 0 radical (unpaired) electrons. The molecule has 2 heterocycles. The maximum Gasteiger partial charge on any atom is 0.341 e. The number of carbonyl (C=O) groups excluding carboxylic acids is 3. The van der Waals surface area contributed by atoms with Gasteiger partial charge in [0.15, 0.2) is 11.0 Å². The molecule has 0 aliphatic rings. The number of primary amides is 1. The fraction of sp³-hybridized carbons (Fsp3) is 0.318. The minimum absolute atomic E-state index is 0.000577. The van der Waals surface area contributed by atoms with Gasteiger partial charge in [0.2, 0.25) is 5.91 Å². The second kappa shape index (κ2) is 10.7. The van der Waals surface area contributed by atoms with Gasteiger partial charge in [-0.15, -0.1) is 21.5 Å². The first-order valence-electron chi connectivity index (χ1n) is 10.2. The lowest BCUT2D eigenvalue weighted by Gasteiger charge is -2.10. The fourth-order valence-electron chi connectivity index (χ4n) is 3.15. The highest BCUT2D eigenvalue weighted by Gasteiger charge is 2.26. The lowest BCUT2D eigenvalue weighted by molar-refractivity contribution is -0.113. The number of nitrogens with zero attached hydrogens (tertiary/aromatic N) is 3. The van der Waals surface area contributed by atoms with Crippen LogP contribution < -0.4 is 15.8 Å². The number of nitrogens with two attached hydrogens (primary N) is 1. The van der Waals surface area contributed by atoms with E-state index in [1.54, 1.807) is 39.5 Å². The van der Waals surface area contributed by atoms with E-state index in [1.165, 1.54) is 11.8 Å². The molecular formula is C22H25N5O5S2. The van der Waals surface area contributed by atoms with Gasteiger partial charge in [-0.05, 0) is 38.5 Å². The van der Waals surface area contributed by atoms with Gasteiger partial charge in [-0.2, -0.15) is 0 Å². The number of aromatic nitrogens is 3. The molecule has 2 amide bonds. The molecule has 0 aliphatic heterocycles. The van der Waals surface area contributed by atoms with Gasteiger partial charge in [-0.25, -0.2) is 4.79 Å². The molecule has 0 saturated carbocycles. The summed E-state index contributed by atoms with van der Waals surface area (Å²) < 4.78 is 12.4. The van der Waals surface area contributed by atoms with Gasteiger partial charge in [0.25, 0.3) is 5.91 Å². The van der Waals surface area contributed by atoms with Crippen LogP contribution in [0, 0.1) is 6.92 Å². The van der Waals surface area contributed by atoms with Crippen LogP contribution in [0.25, 0.3) is 11.4 Å². The predicted molar refractivity (Wildman–Crippen MR) is 130 cm³/mol. The first kappa shape index (κ1) is 25.2. The number of esters is 1. The molecule has 3 N–H and O–H groups in total. The van der Waals surface area contributed by atoms with E-state index in [1.807, 2.05) is 24.3 Å². The summed E-state index contributed by atoms with van der Waals surface area (Å²) in [5, 5.41) is 11.8. The zero-order chi connectivity index (χ0) is 25.0. The number of thiophene rings is 1. The lowest BCUT2D eigenvalue weighted by atomic mass is 10.1. The number of benzene rings is 1. The Morgan fingerprint density at radius 3 is 2.59 bits per heavy atom. The number of hydrogen-bond acceptors (Lipinski definition) is 9. The number of methoxy groups -OCH3 is 1. The second-order valence-electron chi connectivity index (χ2n) is 7.48. The summed E-state index contributed by atoms with van der Waals surface area (Å²) in [6, 6.07) is 7.44. The molecule has 0 saturated heterocycles. The maximum atomic E-state index is 12.7. The van der Waals surface area contributed by atoms with E-state index in [9.17, 15) is 14.4 Å². The Kier molecular flexibility index (Phi) is 7.94. The Morgan fingerprint density at radius 2 is 1.94 bits per heavy atom. The normalized spacial score (nSPS) is 10.9. The molecule has 1 aromatic carbocycles. The zero-order valence-electron chi connectivity index (χ0n) is 19.4. The molecule has 0 fully saturated rings. The summed E-state index contributed by atoms with van der Waals surface area (Å²) >= 11 is 2.12. The van der Waals surface area contributed by atoms with Crippen molar-refractivity contribution in [3.63, 3.8) is 0 Å². The fourth-order valence-corrected chi connectivity index (χ4v) is 4.93. The van der Waals surface area contributed by atoms with Crippen LogP contribution in [0.4, 0.5) is 5.00 Å². The molecule has 0 unspecified atom stereocenters. The van der Waals surface area contributed by atoms with Crippen LogP contribution in [0.1, 0.15) is 39.4 Å². The largest absolute Gasteiger partial charge is 0.496 e. The van der Waals surface area contributed by atoms with E-state index in [-0.39, 0.29) is 33.2 Å². The van der Waals surface area contributed by atoms with Crippen LogP contribution in [0.15, 0.2) is 29.4 Å². The van der Waals surface area contributed by atoms with E-state index in [0.717, 1.165) is 16.9 Å². The van der Waals surface area contributed by atoms with Crippen LogP contribution in [0.2, 0.25) is 0 Å². The molecule has 0 atom stereocenters. The van der Waals surface area contributed by atoms with Gasteiger partial charge >= 0.3 is 5.97 Å². The Balaban J connectivity index is 1.76. The van der Waals surface area contributed by atoms with Crippen molar-refractivity contribution >= 4 is 45.9 Å². The number of anilines is 1. The summed E-state index contributed by atoms with van der Waals surface area (Å²) in [6.07, 6.45) is -0.365. The molecule has 12 heteroatoms. The number of hydrogen-bond donors (Lipinski definition) is 2. The zero-order valence-corrected chi connectivity index (χ0v) is 21.0. The molecule has 3 rings (SSSR count). The number of nitrogens with one attached hydrogen (secondary N) is 1. The third-order valence-electron chi connectivity index (χ3n) is 4.69. The SMILES string of the molecule is COc1ccccc1-c1nnc(SCC(=O)Nc2sc(C(N)=O)c(C)c2C(=O)OC(C)C)n1C. The van der Waals surface area contributed by atoms with E-state index in [4.69, 9.17) is 15.2 Å². The number of rotatable bonds is 9. The summed E-state index contributed by atoms with van der Waals surface area (Å²) in [7, 11) is 3.38. The molecule has 0 aliphatic carbocycles. The van der Waals surface area contributed by atoms with Crippen LogP contribution in [-0.4, -0.2) is 51.5 Å². The Morgan fingerprint density at radius 1 is 1.24 bits per heavy atom. The van der Waals surface area contributed by atoms with Crippen molar-refractivity contribution in [3.05, 3.63) is 40.3 Å². The van der Waals surface area contributed by atoms with Gasteiger partial charge in [0.05, 0.1) is 35.0 Å². The Hall–Kier alpha value is -3.38. The highest BCUT2D eigenvalue weighted by Crippen LogP contribution is 2.34. The minimum atomic E-state index is -0.682. The van der Waals surface area contributed by atoms with E-state index in [2.05, 4.69) is 15.5 Å². The highest BCUT2D eigenvalue weighted by molar-refractivity contribution is 7.99. The first-order valence-corrected chi connectivity index (χ1v) is 12.0. The topological polar surface area (TPSA) is 138 Å². The molecular weight excluding hydrogens is 478 g/mol. The van der Waals surface area contributed by atoms with Gasteiger partial charge in [0.1, 0.15) is 10.8 Å². The standard InChI is InChI=1S/C22H25N5O5S2/c1-11(2)32-21(30)16-12(3)17(18(23)29)34-20(16)24-15(28)10-33-22-26-25-19(27(22)4)13-8-6-7-9-14(13)31-5/h6-9,11H,10H2,1-5H3,(H2,23,29)(H,24,28). The quantitative estimate of drug-likeness (QED) is 0.335. The summed E-state index contributed by atoms with van der Waals surface area (Å²) in [6.45, 7) is 5.02. The number of ether oxygens (including phenoxy) is 2. The number of thioether (sulfide) groups is 1. The van der Waals surface area contributed by atoms with Gasteiger partial charge in [-0.3, -0.25) is 9.59 Å². The smallest absolute Gasteiger partial charge is 0.341 e. The van der Waals surface area contributed by atoms with E-state index < -0.39 is 11.9 Å². The Bertz CT molecular complexity index is 1230. The highest BCUT2D eigenvalue weighted by atomic mass is 32.2. The average molecular weight is 504 g/mol. The number of para-hydroxylation sites is 1. The van der Waals surface area contributed by atoms with Crippen molar-refractivity contribution in [2.75, 3.05) is 18.2 Å². The predicted octanol–water partition coefficient (Wildman–Crippen LogP) is 3.26. The summed E-state index contributed by atoms with van der Waals surface area (Å²) in [4.78, 5) is 37.2. The second-order valence-corrected chi connectivity index (χ2v) is 9.44. The van der Waals surface area contributed by atoms with Crippen molar-refractivity contribution in [1.82, 2.24) is 14.8 Å². The molecule has 2 aromatic heterocycles. The molecule has 34 heavy (non-hydrogen) atoms. The first-order chi connectivity index (χ1) is 16.1. The van der Waals surface area contributed by atoms with E-state index >= 15 is 0 Å². The maximum absolute atomic E-state index is 12.7. The monoisotopic (exact) mass is 503 g/mol. The number of carbonyl (C=O) groups is 3. The van der Waals surface area contributed by atoms with Crippen molar-refractivity contribution < 1.29 is 23.9 Å². The van der Waals surface area contributed by atoms with Crippen molar-refractivity contribution in [2.24, 2.45) is 12.8 Å². The van der Waals surface area contributed by atoms with Crippen LogP contribution in [-0.2, 0) is 16.6 Å². The molecule has 0 bridgehead atoms. The lowest BCUT2D eigenvalue weighted by Crippen LogP contribution is -2.18. The van der Waals surface area contributed by atoms with Crippen molar-refractivity contribution in [2.45, 2.75) is 32.0 Å². The van der Waals surface area contributed by atoms with E-state index in [0.29, 0.717) is 22.3 Å². The summed E-state index contributed by atoms with van der Waals surface area (Å²) in [5.74, 6) is -0.444. The van der Waals surface area contributed by atoms with Crippen LogP contribution in [0.5, 0.6) is 5.75 Å². The molecule has 10 nitrogen and oxygen atoms in total. The van der Waals surface area contributed by atoms with Crippen molar-refractivity contribution in [1.29, 1.82) is 0 Å². The van der Waals surface area contributed by atoms with Gasteiger partial charge in [-0.1, -0.05) is 23.9 Å². The molecule has 0 spiro atoms. The molecule has 3 aromatic rings. The van der Waals surface area contributed by atoms with Gasteiger partial charge in [0, 0.05) is 7.05 Å². The van der Waals surface area contributed by atoms with Gasteiger partial charge < -0.3 is 25.1 Å². The summed E-state index contributed by atoms with van der Waals surface area (Å²) in [5.41, 5.74) is 6.71. The van der Waals surface area contributed by atoms with Crippen molar-refractivity contribution in [3.8, 4) is 17.1 Å². The molecule has 180 valence electrons.